The highest BCUT2D eigenvalue weighted by molar-refractivity contribution is 5.72. The summed E-state index contributed by atoms with van der Waals surface area (Å²) >= 11 is 0. The summed E-state index contributed by atoms with van der Waals surface area (Å²) in [6.07, 6.45) is 1.17. The summed E-state index contributed by atoms with van der Waals surface area (Å²) in [6, 6.07) is 9.38. The first-order valence-electron chi connectivity index (χ1n) is 8.02. The summed E-state index contributed by atoms with van der Waals surface area (Å²) in [5.74, 6) is -13.9. The predicted octanol–water partition coefficient (Wildman–Crippen LogP) is 3.56. The number of carbonyl (C=O) groups excluding carboxylic acids is 1. The van der Waals surface area contributed by atoms with Crippen molar-refractivity contribution in [2.45, 2.75) is 19.4 Å². The minimum atomic E-state index is -2.33. The molecule has 3 rings (SSSR count). The molecule has 0 N–H and O–H groups in total. The average Bonchev–Trinajstić information content (AvgIpc) is 3.14. The van der Waals surface area contributed by atoms with Crippen molar-refractivity contribution >= 4 is 5.97 Å². The molecular formula is C18H12F5N3O2. The molecule has 0 saturated carbocycles. The molecule has 0 spiro atoms. The molecule has 0 unspecified atom stereocenters. The number of halogens is 5. The van der Waals surface area contributed by atoms with Crippen molar-refractivity contribution in [2.75, 3.05) is 0 Å². The van der Waals surface area contributed by atoms with Crippen LogP contribution in [0.4, 0.5) is 22.0 Å². The number of aromatic nitrogens is 3. The van der Waals surface area contributed by atoms with Crippen LogP contribution in [-0.2, 0) is 17.8 Å². The van der Waals surface area contributed by atoms with E-state index in [2.05, 4.69) is 15.0 Å². The molecule has 146 valence electrons. The number of nitrogens with zero attached hydrogens (tertiary/aromatic N) is 3. The Kier molecular flexibility index (Phi) is 5.67. The average molecular weight is 397 g/mol. The fraction of sp³-hybridized carbons (Fsp3) is 0.167. The number of hydrogen-bond donors (Lipinski definition) is 0. The van der Waals surface area contributed by atoms with E-state index < -0.39 is 47.2 Å². The first-order valence-corrected chi connectivity index (χ1v) is 8.02. The van der Waals surface area contributed by atoms with E-state index in [1.54, 1.807) is 6.20 Å². The highest BCUT2D eigenvalue weighted by Gasteiger charge is 2.28. The van der Waals surface area contributed by atoms with Crippen molar-refractivity contribution in [3.8, 4) is 5.75 Å². The molecule has 10 heteroatoms. The van der Waals surface area contributed by atoms with Gasteiger partial charge in [0.1, 0.15) is 0 Å². The molecule has 2 aromatic carbocycles. The summed E-state index contributed by atoms with van der Waals surface area (Å²) < 4.78 is 72.1. The summed E-state index contributed by atoms with van der Waals surface area (Å²) in [5, 5.41) is 7.74. The molecular weight excluding hydrogens is 385 g/mol. The number of benzene rings is 2. The van der Waals surface area contributed by atoms with Crippen LogP contribution < -0.4 is 4.74 Å². The van der Waals surface area contributed by atoms with Crippen molar-refractivity contribution in [3.05, 3.63) is 76.9 Å². The molecule has 28 heavy (non-hydrogen) atoms. The van der Waals surface area contributed by atoms with Gasteiger partial charge in [-0.2, -0.15) is 8.78 Å². The molecule has 0 amide bonds. The van der Waals surface area contributed by atoms with Crippen molar-refractivity contribution in [1.82, 2.24) is 15.0 Å². The Morgan fingerprint density at radius 2 is 1.54 bits per heavy atom. The van der Waals surface area contributed by atoms with Crippen LogP contribution in [0.25, 0.3) is 0 Å². The predicted molar refractivity (Wildman–Crippen MR) is 85.8 cm³/mol. The molecule has 1 heterocycles. The van der Waals surface area contributed by atoms with Crippen molar-refractivity contribution in [2.24, 2.45) is 0 Å². The SMILES string of the molecule is O=C(CCc1cn(Cc2ccccc2)nn1)Oc1c(F)c(F)c(F)c(F)c1F. The monoisotopic (exact) mass is 397 g/mol. The minimum absolute atomic E-state index is 0.00300. The van der Waals surface area contributed by atoms with Crippen molar-refractivity contribution < 1.29 is 31.5 Å². The molecule has 0 bridgehead atoms. The Hall–Kier alpha value is -3.30. The topological polar surface area (TPSA) is 57.0 Å². The van der Waals surface area contributed by atoms with Crippen LogP contribution >= 0.6 is 0 Å². The van der Waals surface area contributed by atoms with Crippen LogP contribution in [0.2, 0.25) is 0 Å². The minimum Gasteiger partial charge on any atom is -0.420 e. The van der Waals surface area contributed by atoms with Crippen LogP contribution in [0.15, 0.2) is 36.5 Å². The zero-order chi connectivity index (χ0) is 20.3. The summed E-state index contributed by atoms with van der Waals surface area (Å²) in [4.78, 5) is 11.7. The van der Waals surface area contributed by atoms with E-state index in [0.717, 1.165) is 5.56 Å². The highest BCUT2D eigenvalue weighted by atomic mass is 19.2. The summed E-state index contributed by atoms with van der Waals surface area (Å²) in [6.45, 7) is 0.447. The van der Waals surface area contributed by atoms with E-state index in [0.29, 0.717) is 12.2 Å². The third kappa shape index (κ3) is 4.16. The van der Waals surface area contributed by atoms with Gasteiger partial charge < -0.3 is 4.74 Å². The first kappa shape index (κ1) is 19.5. The largest absolute Gasteiger partial charge is 0.420 e. The molecule has 0 aliphatic heterocycles. The van der Waals surface area contributed by atoms with Crippen LogP contribution in [0.5, 0.6) is 5.75 Å². The van der Waals surface area contributed by atoms with Gasteiger partial charge in [0.05, 0.1) is 18.7 Å². The van der Waals surface area contributed by atoms with E-state index in [9.17, 15) is 26.7 Å². The third-order valence-electron chi connectivity index (χ3n) is 3.74. The Balaban J connectivity index is 1.61. The van der Waals surface area contributed by atoms with Gasteiger partial charge in [-0.15, -0.1) is 5.10 Å². The Morgan fingerprint density at radius 3 is 2.18 bits per heavy atom. The Labute approximate surface area is 155 Å². The second kappa shape index (κ2) is 8.15. The van der Waals surface area contributed by atoms with Crippen LogP contribution in [0.1, 0.15) is 17.7 Å². The molecule has 0 radical (unpaired) electrons. The van der Waals surface area contributed by atoms with Gasteiger partial charge in [0.25, 0.3) is 0 Å². The summed E-state index contributed by atoms with van der Waals surface area (Å²) in [5.41, 5.74) is 1.37. The fourth-order valence-electron chi connectivity index (χ4n) is 2.37. The number of rotatable bonds is 6. The van der Waals surface area contributed by atoms with Crippen molar-refractivity contribution in [3.63, 3.8) is 0 Å². The van der Waals surface area contributed by atoms with Gasteiger partial charge in [-0.3, -0.25) is 4.79 Å². The van der Waals surface area contributed by atoms with Gasteiger partial charge in [0, 0.05) is 12.6 Å². The number of aryl methyl sites for hydroxylation is 1. The fourth-order valence-corrected chi connectivity index (χ4v) is 2.37. The van der Waals surface area contributed by atoms with Crippen LogP contribution in [0.3, 0.4) is 0 Å². The molecule has 0 fully saturated rings. The van der Waals surface area contributed by atoms with Gasteiger partial charge >= 0.3 is 5.97 Å². The van der Waals surface area contributed by atoms with E-state index in [4.69, 9.17) is 0 Å². The quantitative estimate of drug-likeness (QED) is 0.210. The lowest BCUT2D eigenvalue weighted by molar-refractivity contribution is -0.134. The maximum Gasteiger partial charge on any atom is 0.311 e. The van der Waals surface area contributed by atoms with Crippen molar-refractivity contribution in [1.29, 1.82) is 0 Å². The number of carbonyl (C=O) groups is 1. The molecule has 0 saturated heterocycles. The molecule has 0 atom stereocenters. The van der Waals surface area contributed by atoms with Gasteiger partial charge in [-0.05, 0) is 5.56 Å². The molecule has 0 aliphatic rings. The lowest BCUT2D eigenvalue weighted by atomic mass is 10.2. The van der Waals surface area contributed by atoms with Gasteiger partial charge in [0.2, 0.25) is 34.8 Å². The van der Waals surface area contributed by atoms with Crippen LogP contribution in [0, 0.1) is 29.1 Å². The Bertz CT molecular complexity index is 979. The molecule has 5 nitrogen and oxygen atoms in total. The van der Waals surface area contributed by atoms with E-state index in [1.165, 1.54) is 4.68 Å². The van der Waals surface area contributed by atoms with Gasteiger partial charge in [-0.25, -0.2) is 17.9 Å². The number of esters is 1. The maximum atomic E-state index is 13.5. The first-order chi connectivity index (χ1) is 13.4. The number of hydrogen-bond acceptors (Lipinski definition) is 4. The van der Waals surface area contributed by atoms with Gasteiger partial charge in [-0.1, -0.05) is 35.5 Å². The second-order valence-corrected chi connectivity index (χ2v) is 5.77. The third-order valence-corrected chi connectivity index (χ3v) is 3.74. The zero-order valence-electron chi connectivity index (χ0n) is 14.1. The maximum absolute atomic E-state index is 13.5. The van der Waals surface area contributed by atoms with Crippen LogP contribution in [-0.4, -0.2) is 21.0 Å². The van der Waals surface area contributed by atoms with E-state index >= 15 is 0 Å². The van der Waals surface area contributed by atoms with E-state index in [1.807, 2.05) is 30.3 Å². The number of ether oxygens (including phenoxy) is 1. The summed E-state index contributed by atoms with van der Waals surface area (Å²) in [7, 11) is 0. The standard InChI is InChI=1S/C18H12F5N3O2/c19-13-14(20)16(22)18(17(23)15(13)21)28-12(27)7-6-11-9-26(25-24-11)8-10-4-2-1-3-5-10/h1-5,9H,6-8H2. The van der Waals surface area contributed by atoms with E-state index in [-0.39, 0.29) is 6.42 Å². The zero-order valence-corrected chi connectivity index (χ0v) is 14.1. The van der Waals surface area contributed by atoms with Gasteiger partial charge in [0.15, 0.2) is 0 Å². The molecule has 1 aromatic heterocycles. The Morgan fingerprint density at radius 1 is 0.929 bits per heavy atom. The smallest absolute Gasteiger partial charge is 0.311 e. The molecule has 0 aliphatic carbocycles. The highest BCUT2D eigenvalue weighted by Crippen LogP contribution is 2.29. The lowest BCUT2D eigenvalue weighted by Gasteiger charge is -2.08. The normalized spacial score (nSPS) is 10.9. The lowest BCUT2D eigenvalue weighted by Crippen LogP contribution is -2.14. The second-order valence-electron chi connectivity index (χ2n) is 5.77. The molecule has 3 aromatic rings.